The van der Waals surface area contributed by atoms with E-state index in [4.69, 9.17) is 9.15 Å². The minimum Gasteiger partial charge on any atom is -0.497 e. The SMILES string of the molecule is COc1ccc(C(C[N+](=O)[O-])c2ccco2)cc1. The molecular weight excluding hydrogens is 234 g/mol. The molecule has 0 bridgehead atoms. The van der Waals surface area contributed by atoms with Crippen molar-refractivity contribution in [3.05, 3.63) is 64.1 Å². The summed E-state index contributed by atoms with van der Waals surface area (Å²) in [6.45, 7) is -0.195. The van der Waals surface area contributed by atoms with Gasteiger partial charge in [-0.15, -0.1) is 0 Å². The zero-order valence-electron chi connectivity index (χ0n) is 9.91. The zero-order chi connectivity index (χ0) is 13.0. The maximum Gasteiger partial charge on any atom is 0.217 e. The standard InChI is InChI=1S/C13H13NO4/c1-17-11-6-4-10(5-7-11)12(9-14(15)16)13-3-2-8-18-13/h2-8,12H,9H2,1H3. The number of methoxy groups -OCH3 is 1. The highest BCUT2D eigenvalue weighted by molar-refractivity contribution is 5.33. The summed E-state index contributed by atoms with van der Waals surface area (Å²) in [6.07, 6.45) is 1.52. The maximum atomic E-state index is 10.7. The first-order valence-electron chi connectivity index (χ1n) is 5.50. The average Bonchev–Trinajstić information content (AvgIpc) is 2.89. The molecule has 1 unspecified atom stereocenters. The van der Waals surface area contributed by atoms with E-state index in [9.17, 15) is 10.1 Å². The molecule has 0 fully saturated rings. The first kappa shape index (κ1) is 12.2. The van der Waals surface area contributed by atoms with Gasteiger partial charge in [-0.25, -0.2) is 0 Å². The van der Waals surface area contributed by atoms with Gasteiger partial charge in [-0.3, -0.25) is 10.1 Å². The predicted octanol–water partition coefficient (Wildman–Crippen LogP) is 2.70. The Morgan fingerprint density at radius 1 is 1.33 bits per heavy atom. The van der Waals surface area contributed by atoms with Crippen LogP contribution >= 0.6 is 0 Å². The van der Waals surface area contributed by atoms with E-state index in [1.807, 2.05) is 12.1 Å². The Hall–Kier alpha value is -2.30. The third-order valence-corrected chi connectivity index (χ3v) is 2.74. The van der Waals surface area contributed by atoms with E-state index in [0.29, 0.717) is 5.76 Å². The van der Waals surface area contributed by atoms with Crippen LogP contribution in [0.5, 0.6) is 5.75 Å². The number of ether oxygens (including phenoxy) is 1. The molecule has 5 heteroatoms. The molecule has 2 aromatic rings. The summed E-state index contributed by atoms with van der Waals surface area (Å²) in [5.74, 6) is 0.941. The minimum absolute atomic E-state index is 0.195. The topological polar surface area (TPSA) is 65.5 Å². The largest absolute Gasteiger partial charge is 0.497 e. The summed E-state index contributed by atoms with van der Waals surface area (Å²) in [6, 6.07) is 10.7. The molecule has 1 aromatic heterocycles. The second-order valence-electron chi connectivity index (χ2n) is 3.86. The molecule has 0 saturated heterocycles. The summed E-state index contributed by atoms with van der Waals surface area (Å²) < 4.78 is 10.3. The summed E-state index contributed by atoms with van der Waals surface area (Å²) in [5, 5.41) is 10.7. The number of hydrogen-bond donors (Lipinski definition) is 0. The van der Waals surface area contributed by atoms with Crippen molar-refractivity contribution in [2.24, 2.45) is 0 Å². The van der Waals surface area contributed by atoms with E-state index in [-0.39, 0.29) is 17.4 Å². The molecule has 5 nitrogen and oxygen atoms in total. The lowest BCUT2D eigenvalue weighted by molar-refractivity contribution is -0.482. The van der Waals surface area contributed by atoms with E-state index in [0.717, 1.165) is 11.3 Å². The lowest BCUT2D eigenvalue weighted by Crippen LogP contribution is -2.13. The van der Waals surface area contributed by atoms with E-state index < -0.39 is 0 Å². The van der Waals surface area contributed by atoms with Crippen LogP contribution in [0.15, 0.2) is 47.1 Å². The number of benzene rings is 1. The van der Waals surface area contributed by atoms with Crippen LogP contribution in [0.1, 0.15) is 17.2 Å². The maximum absolute atomic E-state index is 10.7. The molecule has 0 radical (unpaired) electrons. The molecule has 0 saturated carbocycles. The molecule has 2 rings (SSSR count). The van der Waals surface area contributed by atoms with Gasteiger partial charge in [-0.05, 0) is 29.8 Å². The van der Waals surface area contributed by atoms with Crippen molar-refractivity contribution < 1.29 is 14.1 Å². The van der Waals surface area contributed by atoms with Gasteiger partial charge in [0.2, 0.25) is 6.54 Å². The monoisotopic (exact) mass is 247 g/mol. The minimum atomic E-state index is -0.374. The lowest BCUT2D eigenvalue weighted by Gasteiger charge is -2.11. The van der Waals surface area contributed by atoms with Crippen molar-refractivity contribution >= 4 is 0 Å². The van der Waals surface area contributed by atoms with Crippen LogP contribution in [-0.4, -0.2) is 18.6 Å². The van der Waals surface area contributed by atoms with Gasteiger partial charge in [0, 0.05) is 4.92 Å². The fraction of sp³-hybridized carbons (Fsp3) is 0.231. The summed E-state index contributed by atoms with van der Waals surface area (Å²) in [5.41, 5.74) is 0.836. The smallest absolute Gasteiger partial charge is 0.217 e. The fourth-order valence-electron chi connectivity index (χ4n) is 1.83. The Bertz CT molecular complexity index is 504. The number of furan rings is 1. The van der Waals surface area contributed by atoms with Crippen LogP contribution in [0, 0.1) is 10.1 Å². The summed E-state index contributed by atoms with van der Waals surface area (Å²) >= 11 is 0. The number of rotatable bonds is 5. The van der Waals surface area contributed by atoms with Gasteiger partial charge in [0.1, 0.15) is 17.4 Å². The third kappa shape index (κ3) is 2.68. The van der Waals surface area contributed by atoms with Crippen molar-refractivity contribution in [1.29, 1.82) is 0 Å². The van der Waals surface area contributed by atoms with Crippen LogP contribution < -0.4 is 4.74 Å². The first-order valence-corrected chi connectivity index (χ1v) is 5.50. The number of nitrogens with zero attached hydrogens (tertiary/aromatic N) is 1. The Kier molecular flexibility index (Phi) is 3.62. The van der Waals surface area contributed by atoms with Gasteiger partial charge in [0.25, 0.3) is 0 Å². The Morgan fingerprint density at radius 3 is 2.56 bits per heavy atom. The van der Waals surface area contributed by atoms with Crippen molar-refractivity contribution in [1.82, 2.24) is 0 Å². The van der Waals surface area contributed by atoms with E-state index in [1.165, 1.54) is 6.26 Å². The summed E-state index contributed by atoms with van der Waals surface area (Å²) in [7, 11) is 1.58. The highest BCUT2D eigenvalue weighted by atomic mass is 16.6. The molecule has 0 spiro atoms. The summed E-state index contributed by atoms with van der Waals surface area (Å²) in [4.78, 5) is 10.4. The predicted molar refractivity (Wildman–Crippen MR) is 65.4 cm³/mol. The molecule has 94 valence electrons. The normalized spacial score (nSPS) is 12.1. The third-order valence-electron chi connectivity index (χ3n) is 2.74. The van der Waals surface area contributed by atoms with Gasteiger partial charge < -0.3 is 9.15 Å². The molecule has 1 aromatic carbocycles. The van der Waals surface area contributed by atoms with Crippen molar-refractivity contribution in [3.63, 3.8) is 0 Å². The molecule has 0 aliphatic carbocycles. The van der Waals surface area contributed by atoms with Gasteiger partial charge in [-0.1, -0.05) is 12.1 Å². The van der Waals surface area contributed by atoms with Gasteiger partial charge in [0.15, 0.2) is 0 Å². The van der Waals surface area contributed by atoms with Gasteiger partial charge in [0.05, 0.1) is 13.4 Å². The lowest BCUT2D eigenvalue weighted by atomic mass is 9.96. The second-order valence-corrected chi connectivity index (χ2v) is 3.86. The second kappa shape index (κ2) is 5.35. The van der Waals surface area contributed by atoms with Crippen LogP contribution in [-0.2, 0) is 0 Å². The van der Waals surface area contributed by atoms with Crippen LogP contribution in [0.2, 0.25) is 0 Å². The first-order chi connectivity index (χ1) is 8.70. The van der Waals surface area contributed by atoms with E-state index in [2.05, 4.69) is 0 Å². The molecule has 0 aliphatic rings. The van der Waals surface area contributed by atoms with E-state index >= 15 is 0 Å². The van der Waals surface area contributed by atoms with Crippen LogP contribution in [0.4, 0.5) is 0 Å². The number of hydrogen-bond acceptors (Lipinski definition) is 4. The zero-order valence-corrected chi connectivity index (χ0v) is 9.91. The molecule has 0 aliphatic heterocycles. The Morgan fingerprint density at radius 2 is 2.06 bits per heavy atom. The molecular formula is C13H13NO4. The quantitative estimate of drug-likeness (QED) is 0.601. The van der Waals surface area contributed by atoms with Gasteiger partial charge in [-0.2, -0.15) is 0 Å². The van der Waals surface area contributed by atoms with Crippen molar-refractivity contribution in [2.75, 3.05) is 13.7 Å². The highest BCUT2D eigenvalue weighted by Crippen LogP contribution is 2.26. The Balaban J connectivity index is 2.30. The molecule has 1 heterocycles. The van der Waals surface area contributed by atoms with Crippen molar-refractivity contribution in [3.8, 4) is 5.75 Å². The Labute approximate surface area is 104 Å². The van der Waals surface area contributed by atoms with Gasteiger partial charge >= 0.3 is 0 Å². The molecule has 0 N–H and O–H groups in total. The molecule has 0 amide bonds. The molecule has 18 heavy (non-hydrogen) atoms. The highest BCUT2D eigenvalue weighted by Gasteiger charge is 2.22. The van der Waals surface area contributed by atoms with Crippen LogP contribution in [0.3, 0.4) is 0 Å². The van der Waals surface area contributed by atoms with Crippen LogP contribution in [0.25, 0.3) is 0 Å². The van der Waals surface area contributed by atoms with E-state index in [1.54, 1.807) is 31.4 Å². The average molecular weight is 247 g/mol. The van der Waals surface area contributed by atoms with Crippen molar-refractivity contribution in [2.45, 2.75) is 5.92 Å². The molecule has 1 atom stereocenters. The number of nitro groups is 1. The fourth-order valence-corrected chi connectivity index (χ4v) is 1.83.